The van der Waals surface area contributed by atoms with Crippen LogP contribution in [0.25, 0.3) is 0 Å². The van der Waals surface area contributed by atoms with E-state index in [1.54, 1.807) is 0 Å². The van der Waals surface area contributed by atoms with Crippen molar-refractivity contribution in [2.45, 2.75) is 0 Å². The summed E-state index contributed by atoms with van der Waals surface area (Å²) >= 11 is 0. The molecule has 36 valence electrons. The van der Waals surface area contributed by atoms with E-state index >= 15 is 0 Å². The van der Waals surface area contributed by atoms with E-state index in [0.717, 1.165) is 6.54 Å². The first kappa shape index (κ1) is 4.20. The summed E-state index contributed by atoms with van der Waals surface area (Å²) in [4.78, 5) is 3.81. The summed E-state index contributed by atoms with van der Waals surface area (Å²) in [5.41, 5.74) is 0. The Hall–Kier alpha value is -0.970. The molecule has 0 fully saturated rings. The Morgan fingerprint density at radius 1 is 1.86 bits per heavy atom. The average Bonchev–Trinajstić information content (AvgIpc) is 2.14. The van der Waals surface area contributed by atoms with Gasteiger partial charge in [0.1, 0.15) is 6.61 Å². The summed E-state index contributed by atoms with van der Waals surface area (Å²) in [7, 11) is 0. The quantitative estimate of drug-likeness (QED) is 0.389. The molecule has 0 bridgehead atoms. The van der Waals surface area contributed by atoms with Crippen LogP contribution in [-0.2, 0) is 4.74 Å². The molecule has 0 spiro atoms. The van der Waals surface area contributed by atoms with Gasteiger partial charge in [0.05, 0.1) is 6.54 Å². The van der Waals surface area contributed by atoms with Gasteiger partial charge in [-0.1, -0.05) is 0 Å². The van der Waals surface area contributed by atoms with Crippen LogP contribution in [0.2, 0.25) is 0 Å². The second kappa shape index (κ2) is 1.65. The fourth-order valence-corrected chi connectivity index (χ4v) is 0.422. The van der Waals surface area contributed by atoms with Crippen LogP contribution in [0.5, 0.6) is 0 Å². The monoisotopic (exact) mass is 95.0 g/mol. The Labute approximate surface area is 42.2 Å². The first-order valence-corrected chi connectivity index (χ1v) is 2.07. The zero-order valence-corrected chi connectivity index (χ0v) is 3.85. The predicted molar refractivity (Wildman–Crippen MR) is 27.1 cm³/mol. The van der Waals surface area contributed by atoms with E-state index in [0.29, 0.717) is 12.5 Å². The molecule has 0 amide bonds. The van der Waals surface area contributed by atoms with Gasteiger partial charge in [-0.05, 0) is 5.92 Å². The first-order valence-electron chi connectivity index (χ1n) is 2.07. The highest BCUT2D eigenvalue weighted by Crippen LogP contribution is 1.89. The zero-order valence-electron chi connectivity index (χ0n) is 3.85. The molecule has 0 atom stereocenters. The van der Waals surface area contributed by atoms with Gasteiger partial charge in [0.25, 0.3) is 5.90 Å². The minimum absolute atomic E-state index is 0.444. The number of hydrogen-bond acceptors (Lipinski definition) is 2. The summed E-state index contributed by atoms with van der Waals surface area (Å²) < 4.78 is 4.82. The maximum absolute atomic E-state index is 4.93. The fourth-order valence-electron chi connectivity index (χ4n) is 0.422. The number of ether oxygens (including phenoxy) is 1. The normalized spacial score (nSPS) is 17.3. The van der Waals surface area contributed by atoms with Crippen molar-refractivity contribution in [2.75, 3.05) is 13.2 Å². The third-order valence-corrected chi connectivity index (χ3v) is 0.709. The minimum atomic E-state index is 0.444. The molecule has 1 aliphatic rings. The third-order valence-electron chi connectivity index (χ3n) is 0.709. The van der Waals surface area contributed by atoms with E-state index in [1.165, 1.54) is 0 Å². The van der Waals surface area contributed by atoms with Gasteiger partial charge in [-0.25, -0.2) is 4.99 Å². The van der Waals surface area contributed by atoms with Crippen LogP contribution < -0.4 is 0 Å². The van der Waals surface area contributed by atoms with E-state index < -0.39 is 0 Å². The number of terminal acetylenes is 1. The summed E-state index contributed by atoms with van der Waals surface area (Å²) in [6, 6.07) is 0. The summed E-state index contributed by atoms with van der Waals surface area (Å²) in [5, 5.41) is 0. The molecule has 0 saturated carbocycles. The number of rotatable bonds is 0. The lowest BCUT2D eigenvalue weighted by Gasteiger charge is -1.85. The van der Waals surface area contributed by atoms with Crippen molar-refractivity contribution in [1.82, 2.24) is 0 Å². The van der Waals surface area contributed by atoms with E-state index in [9.17, 15) is 0 Å². The van der Waals surface area contributed by atoms with Gasteiger partial charge < -0.3 is 4.74 Å². The van der Waals surface area contributed by atoms with Gasteiger partial charge in [-0.2, -0.15) is 0 Å². The Bertz CT molecular complexity index is 132. The van der Waals surface area contributed by atoms with Crippen LogP contribution in [0.15, 0.2) is 4.99 Å². The molecular weight excluding hydrogens is 90.1 g/mol. The summed E-state index contributed by atoms with van der Waals surface area (Å²) in [6.45, 7) is 1.37. The molecule has 2 nitrogen and oxygen atoms in total. The molecular formula is C5H5NO. The predicted octanol–water partition coefficient (Wildman–Crippen LogP) is 0.0483. The SMILES string of the molecule is C#CC1=NCCO1. The standard InChI is InChI=1S/C5H5NO/c1-2-5-6-3-4-7-5/h1H,3-4H2. The van der Waals surface area contributed by atoms with Crippen LogP contribution >= 0.6 is 0 Å². The number of aliphatic imine (C=N–C) groups is 1. The maximum atomic E-state index is 4.93. The molecule has 1 rings (SSSR count). The van der Waals surface area contributed by atoms with Gasteiger partial charge >= 0.3 is 0 Å². The molecule has 0 aromatic carbocycles. The molecule has 0 unspecified atom stereocenters. The van der Waals surface area contributed by atoms with Crippen LogP contribution in [0.4, 0.5) is 0 Å². The van der Waals surface area contributed by atoms with Gasteiger partial charge in [0.15, 0.2) is 0 Å². The molecule has 2 heteroatoms. The Morgan fingerprint density at radius 3 is 3.00 bits per heavy atom. The molecule has 1 heterocycles. The average molecular weight is 95.1 g/mol. The highest BCUT2D eigenvalue weighted by atomic mass is 16.5. The van der Waals surface area contributed by atoms with Crippen LogP contribution in [0.1, 0.15) is 0 Å². The van der Waals surface area contributed by atoms with Gasteiger partial charge in [0, 0.05) is 0 Å². The number of hydrogen-bond donors (Lipinski definition) is 0. The molecule has 0 saturated heterocycles. The van der Waals surface area contributed by atoms with Crippen molar-refractivity contribution in [3.05, 3.63) is 0 Å². The molecule has 0 N–H and O–H groups in total. The topological polar surface area (TPSA) is 21.6 Å². The van der Waals surface area contributed by atoms with Crippen molar-refractivity contribution in [3.8, 4) is 12.3 Å². The lowest BCUT2D eigenvalue weighted by atomic mass is 10.7. The highest BCUT2D eigenvalue weighted by molar-refractivity contribution is 5.93. The first-order chi connectivity index (χ1) is 3.43. The van der Waals surface area contributed by atoms with Crippen molar-refractivity contribution in [2.24, 2.45) is 4.99 Å². The lowest BCUT2D eigenvalue weighted by Crippen LogP contribution is -1.92. The Morgan fingerprint density at radius 2 is 2.71 bits per heavy atom. The molecule has 1 aliphatic heterocycles. The molecule has 7 heavy (non-hydrogen) atoms. The van der Waals surface area contributed by atoms with Gasteiger partial charge in [-0.15, -0.1) is 6.42 Å². The second-order valence-corrected chi connectivity index (χ2v) is 1.18. The van der Waals surface area contributed by atoms with Crippen molar-refractivity contribution >= 4 is 5.90 Å². The summed E-state index contributed by atoms with van der Waals surface area (Å²) in [5.74, 6) is 2.74. The van der Waals surface area contributed by atoms with Crippen LogP contribution in [0.3, 0.4) is 0 Å². The fraction of sp³-hybridized carbons (Fsp3) is 0.400. The molecule has 0 radical (unpaired) electrons. The number of nitrogens with zero attached hydrogens (tertiary/aromatic N) is 1. The molecule has 0 aliphatic carbocycles. The van der Waals surface area contributed by atoms with Crippen molar-refractivity contribution in [1.29, 1.82) is 0 Å². The van der Waals surface area contributed by atoms with E-state index in [2.05, 4.69) is 10.9 Å². The van der Waals surface area contributed by atoms with Crippen LogP contribution in [-0.4, -0.2) is 19.0 Å². The van der Waals surface area contributed by atoms with Crippen molar-refractivity contribution < 1.29 is 4.74 Å². The second-order valence-electron chi connectivity index (χ2n) is 1.18. The van der Waals surface area contributed by atoms with Crippen molar-refractivity contribution in [3.63, 3.8) is 0 Å². The smallest absolute Gasteiger partial charge is 0.263 e. The van der Waals surface area contributed by atoms with E-state index in [1.807, 2.05) is 0 Å². The lowest BCUT2D eigenvalue weighted by molar-refractivity contribution is 0.351. The van der Waals surface area contributed by atoms with E-state index in [4.69, 9.17) is 11.2 Å². The largest absolute Gasteiger partial charge is 0.470 e. The molecule has 0 aromatic rings. The van der Waals surface area contributed by atoms with Gasteiger partial charge in [-0.3, -0.25) is 0 Å². The van der Waals surface area contributed by atoms with E-state index in [-0.39, 0.29) is 0 Å². The third kappa shape index (κ3) is 0.716. The Balaban J connectivity index is 2.57. The van der Waals surface area contributed by atoms with Gasteiger partial charge in [0.2, 0.25) is 0 Å². The molecule has 0 aromatic heterocycles. The highest BCUT2D eigenvalue weighted by Gasteiger charge is 1.99. The summed E-state index contributed by atoms with van der Waals surface area (Å²) in [6.07, 6.45) is 4.93. The van der Waals surface area contributed by atoms with Crippen LogP contribution in [0, 0.1) is 12.3 Å². The zero-order chi connectivity index (χ0) is 5.11. The maximum Gasteiger partial charge on any atom is 0.263 e. The Kier molecular flexibility index (Phi) is 0.991. The minimum Gasteiger partial charge on any atom is -0.470 e.